The van der Waals surface area contributed by atoms with Crippen LogP contribution >= 0.6 is 0 Å². The van der Waals surface area contributed by atoms with Gasteiger partial charge in [0.05, 0.1) is 17.9 Å². The van der Waals surface area contributed by atoms with Crippen LogP contribution in [0.4, 0.5) is 0 Å². The number of hydrogen-bond acceptors (Lipinski definition) is 6. The molecule has 1 N–H and O–H groups in total. The number of carbonyl (C=O) groups is 1. The van der Waals surface area contributed by atoms with Crippen LogP contribution in [0.15, 0.2) is 0 Å². The van der Waals surface area contributed by atoms with Gasteiger partial charge in [-0.3, -0.25) is 4.79 Å². The third kappa shape index (κ3) is 4.33. The second kappa shape index (κ2) is 7.87. The lowest BCUT2D eigenvalue weighted by Crippen LogP contribution is -2.58. The maximum atomic E-state index is 13.0. The number of sulfonamides is 1. The summed E-state index contributed by atoms with van der Waals surface area (Å²) < 4.78 is 38.6. The van der Waals surface area contributed by atoms with E-state index in [2.05, 4.69) is 5.32 Å². The van der Waals surface area contributed by atoms with Gasteiger partial charge in [0.2, 0.25) is 15.9 Å². The summed E-state index contributed by atoms with van der Waals surface area (Å²) in [7, 11) is -1.86. The minimum atomic E-state index is -3.44. The van der Waals surface area contributed by atoms with Gasteiger partial charge in [0, 0.05) is 65.4 Å². The van der Waals surface area contributed by atoms with E-state index in [9.17, 15) is 13.2 Å². The van der Waals surface area contributed by atoms with Crippen molar-refractivity contribution in [3.05, 3.63) is 0 Å². The van der Waals surface area contributed by atoms with Gasteiger partial charge in [-0.15, -0.1) is 0 Å². The molecule has 0 aromatic rings. The summed E-state index contributed by atoms with van der Waals surface area (Å²) in [5.41, 5.74) is -0.658. The topological polar surface area (TPSA) is 88.2 Å². The standard InChI is InChI=1S/C16H29N3O5S/c1-23-16(4-9-24-10-5-16)13-25(21,22)18-7-2-3-14(12-18)19-8-6-17-11-15(19)20/h14,17H,2-13H2,1H3. The molecular formula is C16H29N3O5S. The summed E-state index contributed by atoms with van der Waals surface area (Å²) in [4.78, 5) is 14.0. The highest BCUT2D eigenvalue weighted by atomic mass is 32.2. The number of rotatable bonds is 5. The molecule has 144 valence electrons. The molecule has 1 atom stereocenters. The summed E-state index contributed by atoms with van der Waals surface area (Å²) in [5, 5.41) is 3.06. The SMILES string of the molecule is COC1(CS(=O)(=O)N2CCCC(N3CCNCC3=O)C2)CCOCC1. The van der Waals surface area contributed by atoms with Crippen LogP contribution in [0.5, 0.6) is 0 Å². The molecule has 0 aromatic heterocycles. The summed E-state index contributed by atoms with van der Waals surface area (Å²) in [6.45, 7) is 3.73. The third-order valence-electron chi connectivity index (χ3n) is 5.60. The molecule has 1 amide bonds. The molecule has 3 aliphatic heterocycles. The van der Waals surface area contributed by atoms with Crippen LogP contribution in [-0.2, 0) is 24.3 Å². The van der Waals surface area contributed by atoms with E-state index in [4.69, 9.17) is 9.47 Å². The fourth-order valence-electron chi connectivity index (χ4n) is 4.01. The minimum Gasteiger partial charge on any atom is -0.381 e. The molecule has 3 rings (SSSR count). The Kier molecular flexibility index (Phi) is 5.99. The molecule has 0 bridgehead atoms. The smallest absolute Gasteiger partial charge is 0.236 e. The lowest BCUT2D eigenvalue weighted by atomic mass is 9.97. The van der Waals surface area contributed by atoms with Gasteiger partial charge in [-0.25, -0.2) is 8.42 Å². The van der Waals surface area contributed by atoms with E-state index in [1.165, 1.54) is 0 Å². The van der Waals surface area contributed by atoms with Crippen molar-refractivity contribution in [2.75, 3.05) is 58.8 Å². The molecule has 8 nitrogen and oxygen atoms in total. The van der Waals surface area contributed by atoms with E-state index in [1.807, 2.05) is 4.90 Å². The number of hydrogen-bond donors (Lipinski definition) is 1. The first kappa shape index (κ1) is 19.0. The summed E-state index contributed by atoms with van der Waals surface area (Å²) >= 11 is 0. The number of carbonyl (C=O) groups excluding carboxylic acids is 1. The van der Waals surface area contributed by atoms with Crippen LogP contribution in [0.25, 0.3) is 0 Å². The number of piperidine rings is 1. The van der Waals surface area contributed by atoms with Crippen molar-refractivity contribution in [1.29, 1.82) is 0 Å². The number of nitrogens with one attached hydrogen (secondary N) is 1. The van der Waals surface area contributed by atoms with E-state index in [0.717, 1.165) is 19.4 Å². The van der Waals surface area contributed by atoms with E-state index >= 15 is 0 Å². The maximum absolute atomic E-state index is 13.0. The van der Waals surface area contributed by atoms with Gasteiger partial charge in [0.1, 0.15) is 0 Å². The van der Waals surface area contributed by atoms with Crippen molar-refractivity contribution < 1.29 is 22.7 Å². The summed E-state index contributed by atoms with van der Waals surface area (Å²) in [6, 6.07) is -0.0219. The fraction of sp³-hybridized carbons (Fsp3) is 0.938. The van der Waals surface area contributed by atoms with Crippen LogP contribution in [0.3, 0.4) is 0 Å². The van der Waals surface area contributed by atoms with E-state index in [1.54, 1.807) is 11.4 Å². The zero-order valence-corrected chi connectivity index (χ0v) is 15.7. The predicted octanol–water partition coefficient (Wildman–Crippen LogP) is -0.592. The molecule has 0 spiro atoms. The highest BCUT2D eigenvalue weighted by Gasteiger charge is 2.41. The summed E-state index contributed by atoms with van der Waals surface area (Å²) in [6.07, 6.45) is 2.83. The molecule has 0 aliphatic carbocycles. The molecule has 3 saturated heterocycles. The average Bonchev–Trinajstić information content (AvgIpc) is 2.63. The molecule has 0 radical (unpaired) electrons. The molecule has 3 aliphatic rings. The molecule has 25 heavy (non-hydrogen) atoms. The zero-order valence-electron chi connectivity index (χ0n) is 14.9. The highest BCUT2D eigenvalue weighted by Crippen LogP contribution is 2.29. The van der Waals surface area contributed by atoms with Crippen LogP contribution in [0, 0.1) is 0 Å². The molecule has 9 heteroatoms. The third-order valence-corrected chi connectivity index (χ3v) is 7.61. The number of methoxy groups -OCH3 is 1. The lowest BCUT2D eigenvalue weighted by Gasteiger charge is -2.42. The van der Waals surface area contributed by atoms with Gasteiger partial charge in [-0.1, -0.05) is 0 Å². The van der Waals surface area contributed by atoms with Gasteiger partial charge in [-0.05, 0) is 12.8 Å². The van der Waals surface area contributed by atoms with Crippen LogP contribution in [0.2, 0.25) is 0 Å². The lowest BCUT2D eigenvalue weighted by molar-refractivity contribution is -0.135. The van der Waals surface area contributed by atoms with Crippen molar-refractivity contribution >= 4 is 15.9 Å². The minimum absolute atomic E-state index is 0.0118. The van der Waals surface area contributed by atoms with Crippen LogP contribution in [0.1, 0.15) is 25.7 Å². The largest absolute Gasteiger partial charge is 0.381 e. The van der Waals surface area contributed by atoms with Gasteiger partial charge in [0.25, 0.3) is 0 Å². The van der Waals surface area contributed by atoms with Crippen molar-refractivity contribution in [3.8, 4) is 0 Å². The fourth-order valence-corrected chi connectivity index (χ4v) is 6.07. The zero-order chi connectivity index (χ0) is 17.9. The van der Waals surface area contributed by atoms with Gasteiger partial charge in [-0.2, -0.15) is 4.31 Å². The number of ether oxygens (including phenoxy) is 2. The molecule has 0 aromatic carbocycles. The first-order valence-electron chi connectivity index (χ1n) is 9.07. The van der Waals surface area contributed by atoms with E-state index in [0.29, 0.717) is 52.2 Å². The molecule has 3 heterocycles. The first-order chi connectivity index (χ1) is 12.0. The predicted molar refractivity (Wildman–Crippen MR) is 92.8 cm³/mol. The first-order valence-corrected chi connectivity index (χ1v) is 10.7. The second-order valence-corrected chi connectivity index (χ2v) is 9.14. The van der Waals surface area contributed by atoms with E-state index in [-0.39, 0.29) is 17.7 Å². The molecule has 3 fully saturated rings. The average molecular weight is 375 g/mol. The Morgan fingerprint density at radius 2 is 2.08 bits per heavy atom. The summed E-state index contributed by atoms with van der Waals surface area (Å²) in [5.74, 6) is 0.0514. The van der Waals surface area contributed by atoms with E-state index < -0.39 is 15.6 Å². The van der Waals surface area contributed by atoms with Crippen LogP contribution in [-0.4, -0.2) is 94.0 Å². The Balaban J connectivity index is 1.68. The Hall–Kier alpha value is -0.740. The van der Waals surface area contributed by atoms with Gasteiger partial charge in [0.15, 0.2) is 0 Å². The monoisotopic (exact) mass is 375 g/mol. The molecule has 0 saturated carbocycles. The van der Waals surface area contributed by atoms with Gasteiger partial charge < -0.3 is 19.7 Å². The van der Waals surface area contributed by atoms with Crippen molar-refractivity contribution in [2.45, 2.75) is 37.3 Å². The Bertz CT molecular complexity index is 576. The quantitative estimate of drug-likeness (QED) is 0.691. The Labute approximate surface area is 149 Å². The molecular weight excluding hydrogens is 346 g/mol. The Morgan fingerprint density at radius 3 is 2.76 bits per heavy atom. The molecule has 1 unspecified atom stereocenters. The number of amides is 1. The van der Waals surface area contributed by atoms with Crippen molar-refractivity contribution in [2.24, 2.45) is 0 Å². The Morgan fingerprint density at radius 1 is 1.32 bits per heavy atom. The number of piperazine rings is 1. The van der Waals surface area contributed by atoms with Crippen LogP contribution < -0.4 is 5.32 Å². The number of nitrogens with zero attached hydrogens (tertiary/aromatic N) is 2. The normalized spacial score (nSPS) is 28.9. The second-order valence-electron chi connectivity index (χ2n) is 7.17. The van der Waals surface area contributed by atoms with Crippen molar-refractivity contribution in [3.63, 3.8) is 0 Å². The maximum Gasteiger partial charge on any atom is 0.236 e. The highest BCUT2D eigenvalue weighted by molar-refractivity contribution is 7.89. The van der Waals surface area contributed by atoms with Gasteiger partial charge >= 0.3 is 0 Å². The van der Waals surface area contributed by atoms with Crippen molar-refractivity contribution in [1.82, 2.24) is 14.5 Å².